The second-order valence-corrected chi connectivity index (χ2v) is 5.50. The third-order valence-corrected chi connectivity index (χ3v) is 3.73. The maximum atomic E-state index is 4.46. The van der Waals surface area contributed by atoms with Crippen LogP contribution in [0.2, 0.25) is 0 Å². The topological polar surface area (TPSA) is 37.8 Å². The molecule has 2 aromatic heterocycles. The van der Waals surface area contributed by atoms with E-state index in [2.05, 4.69) is 56.9 Å². The highest BCUT2D eigenvalue weighted by Gasteiger charge is 2.07. The summed E-state index contributed by atoms with van der Waals surface area (Å²) in [6.07, 6.45) is 1.84. The molecule has 0 amide bonds. The Kier molecular flexibility index (Phi) is 3.20. The number of thiophene rings is 1. The smallest absolute Gasteiger partial charge is 0.171 e. The number of aromatic nitrogens is 2. The normalized spacial score (nSPS) is 10.3. The quantitative estimate of drug-likeness (QED) is 0.859. The van der Waals surface area contributed by atoms with Gasteiger partial charge in [-0.3, -0.25) is 0 Å². The zero-order valence-corrected chi connectivity index (χ0v) is 11.4. The molecule has 0 aromatic carbocycles. The molecule has 0 saturated carbocycles. The molecule has 0 unspecified atom stereocenters. The van der Waals surface area contributed by atoms with Gasteiger partial charge in [0.2, 0.25) is 0 Å². The summed E-state index contributed by atoms with van der Waals surface area (Å²) in [4.78, 5) is 11.2. The summed E-state index contributed by atoms with van der Waals surface area (Å²) in [6.45, 7) is 2.08. The van der Waals surface area contributed by atoms with Gasteiger partial charge >= 0.3 is 0 Å². The molecule has 0 aliphatic rings. The van der Waals surface area contributed by atoms with Gasteiger partial charge in [-0.25, -0.2) is 9.97 Å². The Hall–Kier alpha value is -0.690. The van der Waals surface area contributed by atoms with E-state index in [0.29, 0.717) is 0 Å². The predicted molar refractivity (Wildman–Crippen MR) is 72.3 cm³/mol. The second-order valence-electron chi connectivity index (χ2n) is 3.05. The predicted octanol–water partition coefficient (Wildman–Crippen LogP) is 3.16. The molecule has 0 fully saturated rings. The van der Waals surface area contributed by atoms with Crippen molar-refractivity contribution < 1.29 is 0 Å². The minimum atomic E-state index is 0.790. The van der Waals surface area contributed by atoms with Crippen LogP contribution in [-0.2, 0) is 0 Å². The molecule has 2 heterocycles. The molecule has 0 bridgehead atoms. The van der Waals surface area contributed by atoms with Crippen LogP contribution >= 0.6 is 33.9 Å². The lowest BCUT2D eigenvalue weighted by Gasteiger charge is -2.03. The number of nitrogens with zero attached hydrogens (tertiary/aromatic N) is 2. The Morgan fingerprint density at radius 1 is 1.40 bits per heavy atom. The summed E-state index contributed by atoms with van der Waals surface area (Å²) in [5.74, 6) is 1.67. The molecule has 15 heavy (non-hydrogen) atoms. The van der Waals surface area contributed by atoms with Crippen molar-refractivity contribution in [1.29, 1.82) is 0 Å². The number of nitrogens with one attached hydrogen (secondary N) is 1. The summed E-state index contributed by atoms with van der Waals surface area (Å²) in [7, 11) is 1.87. The van der Waals surface area contributed by atoms with Gasteiger partial charge in [0.05, 0.1) is 8.45 Å². The van der Waals surface area contributed by atoms with Crippen LogP contribution in [-0.4, -0.2) is 17.0 Å². The monoisotopic (exact) mass is 331 g/mol. The number of hydrogen-bond donors (Lipinski definition) is 1. The molecule has 78 valence electrons. The van der Waals surface area contributed by atoms with Crippen molar-refractivity contribution in [3.63, 3.8) is 0 Å². The van der Waals surface area contributed by atoms with E-state index >= 15 is 0 Å². The SMILES string of the molecule is CNc1nc(-c2ccc(C)s2)ncc1I. The van der Waals surface area contributed by atoms with Crippen molar-refractivity contribution >= 4 is 39.7 Å². The van der Waals surface area contributed by atoms with Gasteiger partial charge in [-0.05, 0) is 41.6 Å². The van der Waals surface area contributed by atoms with Crippen LogP contribution in [0.1, 0.15) is 4.88 Å². The fraction of sp³-hybridized carbons (Fsp3) is 0.200. The molecule has 2 rings (SSSR count). The van der Waals surface area contributed by atoms with Gasteiger partial charge in [-0.1, -0.05) is 0 Å². The lowest BCUT2D eigenvalue weighted by molar-refractivity contribution is 1.16. The van der Waals surface area contributed by atoms with E-state index in [9.17, 15) is 0 Å². The molecular formula is C10H10IN3S. The first kappa shape index (κ1) is 10.8. The molecule has 0 aliphatic heterocycles. The van der Waals surface area contributed by atoms with Gasteiger partial charge in [0.15, 0.2) is 5.82 Å². The molecule has 0 spiro atoms. The molecule has 5 heteroatoms. The summed E-state index contributed by atoms with van der Waals surface area (Å²) >= 11 is 3.93. The molecule has 0 atom stereocenters. The third kappa shape index (κ3) is 2.28. The molecule has 0 aliphatic carbocycles. The summed E-state index contributed by atoms with van der Waals surface area (Å²) < 4.78 is 1.03. The van der Waals surface area contributed by atoms with E-state index < -0.39 is 0 Å². The van der Waals surface area contributed by atoms with Crippen LogP contribution in [0.4, 0.5) is 5.82 Å². The zero-order valence-electron chi connectivity index (χ0n) is 8.41. The van der Waals surface area contributed by atoms with Crippen LogP contribution in [0.3, 0.4) is 0 Å². The van der Waals surface area contributed by atoms with E-state index in [1.807, 2.05) is 13.2 Å². The lowest BCUT2D eigenvalue weighted by atomic mass is 10.4. The van der Waals surface area contributed by atoms with Crippen LogP contribution in [0.15, 0.2) is 18.3 Å². The van der Waals surface area contributed by atoms with Crippen LogP contribution in [0.25, 0.3) is 10.7 Å². The van der Waals surface area contributed by atoms with Crippen molar-refractivity contribution in [2.45, 2.75) is 6.92 Å². The van der Waals surface area contributed by atoms with Gasteiger partial charge in [0.1, 0.15) is 5.82 Å². The van der Waals surface area contributed by atoms with Crippen LogP contribution in [0.5, 0.6) is 0 Å². The number of rotatable bonds is 2. The van der Waals surface area contributed by atoms with E-state index in [0.717, 1.165) is 20.1 Å². The first-order valence-corrected chi connectivity index (χ1v) is 6.37. The van der Waals surface area contributed by atoms with E-state index in [1.54, 1.807) is 11.3 Å². The fourth-order valence-electron chi connectivity index (χ4n) is 1.22. The number of hydrogen-bond acceptors (Lipinski definition) is 4. The third-order valence-electron chi connectivity index (χ3n) is 1.94. The van der Waals surface area contributed by atoms with Crippen molar-refractivity contribution in [3.05, 3.63) is 26.8 Å². The highest BCUT2D eigenvalue weighted by molar-refractivity contribution is 14.1. The maximum absolute atomic E-state index is 4.46. The molecule has 3 nitrogen and oxygen atoms in total. The Labute approximate surface area is 106 Å². The van der Waals surface area contributed by atoms with Gasteiger partial charge in [-0.2, -0.15) is 0 Å². The van der Waals surface area contributed by atoms with Crippen molar-refractivity contribution in [2.75, 3.05) is 12.4 Å². The Balaban J connectivity index is 2.45. The first-order chi connectivity index (χ1) is 7.20. The molecule has 0 radical (unpaired) electrons. The maximum Gasteiger partial charge on any atom is 0.171 e. The summed E-state index contributed by atoms with van der Waals surface area (Å²) in [5.41, 5.74) is 0. The number of anilines is 1. The van der Waals surface area contributed by atoms with Crippen molar-refractivity contribution in [1.82, 2.24) is 9.97 Å². The first-order valence-electron chi connectivity index (χ1n) is 4.48. The fourth-order valence-corrected chi connectivity index (χ4v) is 2.55. The number of aryl methyl sites for hydroxylation is 1. The molecule has 1 N–H and O–H groups in total. The summed E-state index contributed by atoms with van der Waals surface area (Å²) in [6, 6.07) is 4.14. The lowest BCUT2D eigenvalue weighted by Crippen LogP contribution is -1.98. The minimum absolute atomic E-state index is 0.790. The van der Waals surface area contributed by atoms with E-state index in [1.165, 1.54) is 4.88 Å². The molecule has 2 aromatic rings. The number of halogens is 1. The van der Waals surface area contributed by atoms with E-state index in [4.69, 9.17) is 0 Å². The Morgan fingerprint density at radius 2 is 2.20 bits per heavy atom. The van der Waals surface area contributed by atoms with Gasteiger partial charge < -0.3 is 5.32 Å². The van der Waals surface area contributed by atoms with E-state index in [-0.39, 0.29) is 0 Å². The van der Waals surface area contributed by atoms with Crippen LogP contribution < -0.4 is 5.32 Å². The minimum Gasteiger partial charge on any atom is -0.372 e. The Bertz CT molecular complexity index is 481. The molecular weight excluding hydrogens is 321 g/mol. The average molecular weight is 331 g/mol. The highest BCUT2D eigenvalue weighted by Crippen LogP contribution is 2.26. The largest absolute Gasteiger partial charge is 0.372 e. The standard InChI is InChI=1S/C10H10IN3S/c1-6-3-4-8(15-6)10-13-5-7(11)9(12-2)14-10/h3-5H,1-2H3,(H,12,13,14). The zero-order chi connectivity index (χ0) is 10.8. The Morgan fingerprint density at radius 3 is 2.80 bits per heavy atom. The molecule has 0 saturated heterocycles. The van der Waals surface area contributed by atoms with Crippen molar-refractivity contribution in [3.8, 4) is 10.7 Å². The second kappa shape index (κ2) is 4.44. The van der Waals surface area contributed by atoms with Gasteiger partial charge in [0.25, 0.3) is 0 Å². The van der Waals surface area contributed by atoms with Crippen molar-refractivity contribution in [2.24, 2.45) is 0 Å². The van der Waals surface area contributed by atoms with Gasteiger partial charge in [-0.15, -0.1) is 11.3 Å². The average Bonchev–Trinajstić information content (AvgIpc) is 2.66. The van der Waals surface area contributed by atoms with Gasteiger partial charge in [0, 0.05) is 18.1 Å². The summed E-state index contributed by atoms with van der Waals surface area (Å²) in [5, 5.41) is 3.06. The highest BCUT2D eigenvalue weighted by atomic mass is 127. The van der Waals surface area contributed by atoms with Crippen LogP contribution in [0, 0.1) is 10.5 Å².